The predicted octanol–water partition coefficient (Wildman–Crippen LogP) is 1.52. The van der Waals surface area contributed by atoms with E-state index in [0.717, 1.165) is 0 Å². The molecule has 0 amide bonds. The summed E-state index contributed by atoms with van der Waals surface area (Å²) in [5.41, 5.74) is 17.4. The van der Waals surface area contributed by atoms with Crippen LogP contribution >= 0.6 is 0 Å². The summed E-state index contributed by atoms with van der Waals surface area (Å²) in [5, 5.41) is 4.56. The lowest BCUT2D eigenvalue weighted by Gasteiger charge is -2.00. The molecule has 2 atom stereocenters. The molecule has 2 rings (SSSR count). The molecule has 0 fully saturated rings. The molecule has 76 valence electrons. The molecule has 0 aliphatic carbocycles. The molecule has 0 N–H and O–H groups in total. The van der Waals surface area contributed by atoms with E-state index in [1.165, 1.54) is 0 Å². The van der Waals surface area contributed by atoms with E-state index in [1.807, 2.05) is 0 Å². The van der Waals surface area contributed by atoms with Crippen LogP contribution in [-0.2, 0) is 26.1 Å². The second-order valence-electron chi connectivity index (χ2n) is 2.52. The van der Waals surface area contributed by atoms with E-state index < -0.39 is 21.4 Å². The Hall–Kier alpha value is -1.52. The fourth-order valence-corrected chi connectivity index (χ4v) is 2.88. The number of hydrogen-bond acceptors (Lipinski definition) is 1. The molecule has 7 heteroatoms. The van der Waals surface area contributed by atoms with E-state index in [4.69, 9.17) is 15.8 Å². The van der Waals surface area contributed by atoms with E-state index in [0.29, 0.717) is 10.2 Å². The highest BCUT2D eigenvalue weighted by atomic mass is 32.2. The molecule has 0 bridgehead atoms. The highest BCUT2D eigenvalue weighted by Gasteiger charge is 2.23. The largest absolute Gasteiger partial charge is 0.430 e. The fourth-order valence-electron chi connectivity index (χ4n) is 1.05. The lowest BCUT2D eigenvalue weighted by atomic mass is 10.6. The maximum atomic E-state index is 8.69. The van der Waals surface area contributed by atoms with Crippen molar-refractivity contribution in [1.29, 1.82) is 0 Å². The summed E-state index contributed by atoms with van der Waals surface area (Å²) in [6, 6.07) is 0. The smallest absolute Gasteiger partial charge is 0.251 e. The van der Waals surface area contributed by atoms with E-state index in [2.05, 4.69) is 8.32 Å². The highest BCUT2D eigenvalue weighted by Crippen LogP contribution is 2.21. The van der Waals surface area contributed by atoms with Gasteiger partial charge < -0.3 is 15.8 Å². The van der Waals surface area contributed by atoms with Gasteiger partial charge in [-0.25, -0.2) is 0 Å². The third-order valence-corrected chi connectivity index (χ3v) is 4.11. The van der Waals surface area contributed by atoms with Crippen LogP contribution < -0.4 is 8.32 Å². The molecule has 0 aromatic heterocycles. The molecule has 0 aromatic carbocycles. The molecule has 2 aliphatic rings. The van der Waals surface area contributed by atoms with Gasteiger partial charge in [-0.3, -0.25) is 0 Å². The Kier molecular flexibility index (Phi) is 2.89. The van der Waals surface area contributed by atoms with Gasteiger partial charge in [0.1, 0.15) is 0 Å². The molecule has 0 aromatic rings. The standard InChI is InChI=1S/C8H6N4OS2/c9-11-14-5-1-3-7(14)13-8-4-2-6-15(8)12-10/h1-6H. The quantitative estimate of drug-likeness (QED) is 0.530. The van der Waals surface area contributed by atoms with Crippen molar-refractivity contribution in [1.82, 2.24) is 8.32 Å². The lowest BCUT2D eigenvalue weighted by molar-refractivity contribution is 0.374. The van der Waals surface area contributed by atoms with Crippen LogP contribution in [0.5, 0.6) is 0 Å². The van der Waals surface area contributed by atoms with Gasteiger partial charge in [0.25, 0.3) is 21.4 Å². The zero-order valence-corrected chi connectivity index (χ0v) is 9.11. The van der Waals surface area contributed by atoms with Crippen molar-refractivity contribution >= 4 is 21.4 Å². The van der Waals surface area contributed by atoms with Crippen LogP contribution in [0.3, 0.4) is 0 Å². The Bertz CT molecular complexity index is 483. The van der Waals surface area contributed by atoms with Gasteiger partial charge >= 0.3 is 0 Å². The van der Waals surface area contributed by atoms with Gasteiger partial charge in [-0.1, -0.05) is 0 Å². The first-order valence-corrected chi connectivity index (χ1v) is 6.45. The minimum absolute atomic E-state index is 0.550. The summed E-state index contributed by atoms with van der Waals surface area (Å²) in [4.78, 5) is 0. The average molecular weight is 238 g/mol. The Morgan fingerprint density at radius 1 is 0.933 bits per heavy atom. The first kappa shape index (κ1) is 10.0. The molecule has 2 unspecified atom stereocenters. The topological polar surface area (TPSA) is 82.0 Å². The van der Waals surface area contributed by atoms with Crippen LogP contribution in [0.4, 0.5) is 0 Å². The molecule has 0 saturated carbocycles. The molecule has 0 saturated heterocycles. The van der Waals surface area contributed by atoms with Gasteiger partial charge in [-0.15, -0.1) is 8.32 Å². The van der Waals surface area contributed by atoms with Gasteiger partial charge in [-0.05, 0) is 24.3 Å². The van der Waals surface area contributed by atoms with Crippen molar-refractivity contribution in [2.75, 3.05) is 0 Å². The maximum absolute atomic E-state index is 8.69. The number of nitrogens with zero attached hydrogens (tertiary/aromatic N) is 4. The molecule has 2 heterocycles. The van der Waals surface area contributed by atoms with Crippen molar-refractivity contribution in [3.63, 3.8) is 0 Å². The van der Waals surface area contributed by atoms with Gasteiger partial charge in [0.05, 0.1) is 0 Å². The molecular formula is C8H6N4OS2. The summed E-state index contributed by atoms with van der Waals surface area (Å²) in [7, 11) is -1.47. The monoisotopic (exact) mass is 238 g/mol. The first-order chi connectivity index (χ1) is 7.35. The minimum Gasteiger partial charge on any atom is -0.430 e. The van der Waals surface area contributed by atoms with Crippen LogP contribution in [0.25, 0.3) is 11.1 Å². The average Bonchev–Trinajstić information content (AvgIpc) is 2.87. The van der Waals surface area contributed by atoms with Crippen molar-refractivity contribution in [3.8, 4) is 0 Å². The van der Waals surface area contributed by atoms with E-state index in [1.54, 1.807) is 35.1 Å². The van der Waals surface area contributed by atoms with E-state index in [-0.39, 0.29) is 0 Å². The Balaban J connectivity index is 2.19. The molecule has 2 aliphatic heterocycles. The van der Waals surface area contributed by atoms with Crippen molar-refractivity contribution < 1.29 is 4.74 Å². The first-order valence-electron chi connectivity index (χ1n) is 3.96. The number of hydrogen-bond donors (Lipinski definition) is 0. The van der Waals surface area contributed by atoms with Gasteiger partial charge in [-0.2, -0.15) is 0 Å². The zero-order valence-electron chi connectivity index (χ0n) is 7.48. The minimum atomic E-state index is -0.734. The maximum Gasteiger partial charge on any atom is 0.251 e. The van der Waals surface area contributed by atoms with E-state index >= 15 is 0 Å². The van der Waals surface area contributed by atoms with Crippen LogP contribution in [0.1, 0.15) is 0 Å². The molecule has 0 spiro atoms. The number of rotatable bonds is 2. The summed E-state index contributed by atoms with van der Waals surface area (Å²) >= 11 is 0. The Morgan fingerprint density at radius 2 is 1.40 bits per heavy atom. The van der Waals surface area contributed by atoms with Crippen molar-refractivity contribution in [2.24, 2.45) is 0 Å². The summed E-state index contributed by atoms with van der Waals surface area (Å²) < 4.78 is 11.8. The lowest BCUT2D eigenvalue weighted by Crippen LogP contribution is -1.99. The van der Waals surface area contributed by atoms with Crippen molar-refractivity contribution in [3.05, 3.63) is 56.4 Å². The summed E-state index contributed by atoms with van der Waals surface area (Å²) in [6.07, 6.45) is 6.96. The van der Waals surface area contributed by atoms with Crippen LogP contribution in [0.2, 0.25) is 0 Å². The summed E-state index contributed by atoms with van der Waals surface area (Å²) in [6.45, 7) is 0. The highest BCUT2D eigenvalue weighted by molar-refractivity contribution is 7.94. The Morgan fingerprint density at radius 3 is 1.80 bits per heavy atom. The fraction of sp³-hybridized carbons (Fsp3) is 0. The molecule has 5 nitrogen and oxygen atoms in total. The third kappa shape index (κ3) is 1.95. The predicted molar refractivity (Wildman–Crippen MR) is 61.2 cm³/mol. The second-order valence-corrected chi connectivity index (χ2v) is 5.46. The number of ether oxygens (including phenoxy) is 1. The summed E-state index contributed by atoms with van der Waals surface area (Å²) in [5.74, 6) is 0. The van der Waals surface area contributed by atoms with Gasteiger partial charge in [0.2, 0.25) is 10.2 Å². The van der Waals surface area contributed by atoms with Gasteiger partial charge in [0.15, 0.2) is 0 Å². The third-order valence-electron chi connectivity index (χ3n) is 1.67. The second kappa shape index (κ2) is 4.33. The van der Waals surface area contributed by atoms with Crippen molar-refractivity contribution in [2.45, 2.75) is 0 Å². The molecule has 0 radical (unpaired) electrons. The molecular weight excluding hydrogens is 232 g/mol. The van der Waals surface area contributed by atoms with Crippen LogP contribution in [-0.4, -0.2) is 0 Å². The van der Waals surface area contributed by atoms with Crippen LogP contribution in [0.15, 0.2) is 45.3 Å². The zero-order chi connectivity index (χ0) is 10.7. The normalized spacial score (nSPS) is 26.9. The Labute approximate surface area is 91.1 Å². The van der Waals surface area contributed by atoms with E-state index in [9.17, 15) is 0 Å². The van der Waals surface area contributed by atoms with Crippen LogP contribution in [0, 0.1) is 0 Å². The van der Waals surface area contributed by atoms with Gasteiger partial charge in [0, 0.05) is 10.8 Å². The number of allylic oxidation sites excluding steroid dienone is 4. The molecule has 15 heavy (non-hydrogen) atoms. The SMILES string of the molecule is [N-]=[N+]=S1C=CC=C1OC1=CC=CS1=[N+]=[N-].